The minimum Gasteiger partial charge on any atom is -0.374 e. The number of rotatable bonds is 2. The van der Waals surface area contributed by atoms with Crippen LogP contribution in [0.15, 0.2) is 0 Å². The Bertz CT molecular complexity index is 163. The Morgan fingerprint density at radius 3 is 2.71 bits per heavy atom. The largest absolute Gasteiger partial charge is 0.374 e. The van der Waals surface area contributed by atoms with E-state index in [1.807, 2.05) is 0 Å². The van der Waals surface area contributed by atoms with E-state index in [0.29, 0.717) is 6.10 Å². The molecule has 1 N–H and O–H groups in total. The topological polar surface area (TPSA) is 27.7 Å². The molecule has 2 fully saturated rings. The molecule has 0 bridgehead atoms. The Morgan fingerprint density at radius 1 is 1.29 bits per heavy atom. The standard InChI is InChI=1S/C10H21N3O/c1-12-3-5-13(6-4-12)9-10-8-11-2-7-14-10/h10-11H,2-9H2,1H3/t10-/m1/s1. The van der Waals surface area contributed by atoms with Gasteiger partial charge in [-0.3, -0.25) is 4.90 Å². The summed E-state index contributed by atoms with van der Waals surface area (Å²) in [5.41, 5.74) is 0. The normalized spacial score (nSPS) is 31.9. The first-order chi connectivity index (χ1) is 6.84. The summed E-state index contributed by atoms with van der Waals surface area (Å²) < 4.78 is 5.69. The highest BCUT2D eigenvalue weighted by atomic mass is 16.5. The van der Waals surface area contributed by atoms with Crippen LogP contribution in [0.5, 0.6) is 0 Å². The van der Waals surface area contributed by atoms with Crippen molar-refractivity contribution in [3.8, 4) is 0 Å². The number of likely N-dealkylation sites (N-methyl/N-ethyl adjacent to an activating group) is 1. The second-order valence-electron chi connectivity index (χ2n) is 4.30. The molecule has 0 aromatic heterocycles. The van der Waals surface area contributed by atoms with Gasteiger partial charge in [0.05, 0.1) is 12.7 Å². The molecule has 82 valence electrons. The van der Waals surface area contributed by atoms with Crippen LogP contribution in [0.25, 0.3) is 0 Å². The van der Waals surface area contributed by atoms with Gasteiger partial charge in [-0.1, -0.05) is 0 Å². The molecule has 0 aliphatic carbocycles. The third kappa shape index (κ3) is 2.92. The molecule has 0 radical (unpaired) electrons. The summed E-state index contributed by atoms with van der Waals surface area (Å²) in [5.74, 6) is 0. The zero-order valence-electron chi connectivity index (χ0n) is 9.04. The Hall–Kier alpha value is -0.160. The quantitative estimate of drug-likeness (QED) is 0.631. The van der Waals surface area contributed by atoms with Crippen LogP contribution >= 0.6 is 0 Å². The number of nitrogens with one attached hydrogen (secondary N) is 1. The number of piperazine rings is 1. The summed E-state index contributed by atoms with van der Waals surface area (Å²) in [4.78, 5) is 4.90. The molecule has 2 aliphatic rings. The van der Waals surface area contributed by atoms with Gasteiger partial charge in [-0.25, -0.2) is 0 Å². The lowest BCUT2D eigenvalue weighted by atomic mass is 10.2. The van der Waals surface area contributed by atoms with Gasteiger partial charge in [0.2, 0.25) is 0 Å². The van der Waals surface area contributed by atoms with Crippen LogP contribution in [0.3, 0.4) is 0 Å². The molecule has 14 heavy (non-hydrogen) atoms. The molecule has 2 aliphatic heterocycles. The predicted octanol–water partition coefficient (Wildman–Crippen LogP) is -0.778. The molecular weight excluding hydrogens is 178 g/mol. The Morgan fingerprint density at radius 2 is 2.07 bits per heavy atom. The maximum Gasteiger partial charge on any atom is 0.0826 e. The van der Waals surface area contributed by atoms with Crippen LogP contribution in [0, 0.1) is 0 Å². The summed E-state index contributed by atoms with van der Waals surface area (Å²) in [6, 6.07) is 0. The summed E-state index contributed by atoms with van der Waals surface area (Å²) in [6.45, 7) is 8.78. The molecule has 2 saturated heterocycles. The molecule has 0 unspecified atom stereocenters. The minimum atomic E-state index is 0.409. The van der Waals surface area contributed by atoms with Crippen LogP contribution in [0.2, 0.25) is 0 Å². The maximum atomic E-state index is 5.69. The van der Waals surface area contributed by atoms with Crippen molar-refractivity contribution < 1.29 is 4.74 Å². The van der Waals surface area contributed by atoms with Crippen molar-refractivity contribution in [2.24, 2.45) is 0 Å². The number of morpholine rings is 1. The summed E-state index contributed by atoms with van der Waals surface area (Å²) in [6.07, 6.45) is 0.409. The second kappa shape index (κ2) is 5.07. The lowest BCUT2D eigenvalue weighted by Crippen LogP contribution is -2.50. The highest BCUT2D eigenvalue weighted by molar-refractivity contribution is 4.75. The van der Waals surface area contributed by atoms with Crippen molar-refractivity contribution in [1.29, 1.82) is 0 Å². The zero-order valence-corrected chi connectivity index (χ0v) is 9.04. The molecule has 0 spiro atoms. The first kappa shape index (κ1) is 10.4. The molecule has 2 heterocycles. The van der Waals surface area contributed by atoms with Crippen LogP contribution in [0.4, 0.5) is 0 Å². The first-order valence-electron chi connectivity index (χ1n) is 5.58. The molecule has 0 saturated carbocycles. The second-order valence-corrected chi connectivity index (χ2v) is 4.30. The monoisotopic (exact) mass is 199 g/mol. The smallest absolute Gasteiger partial charge is 0.0826 e. The molecular formula is C10H21N3O. The van der Waals surface area contributed by atoms with E-state index in [2.05, 4.69) is 22.2 Å². The minimum absolute atomic E-state index is 0.409. The van der Waals surface area contributed by atoms with Gasteiger partial charge in [-0.05, 0) is 7.05 Å². The lowest BCUT2D eigenvalue weighted by Gasteiger charge is -2.35. The van der Waals surface area contributed by atoms with Crippen LogP contribution < -0.4 is 5.32 Å². The molecule has 4 nitrogen and oxygen atoms in total. The van der Waals surface area contributed by atoms with Gasteiger partial charge in [-0.15, -0.1) is 0 Å². The maximum absolute atomic E-state index is 5.69. The summed E-state index contributed by atoms with van der Waals surface area (Å²) >= 11 is 0. The van der Waals surface area contributed by atoms with Crippen molar-refractivity contribution in [2.45, 2.75) is 6.10 Å². The lowest BCUT2D eigenvalue weighted by molar-refractivity contribution is -0.00229. The van der Waals surface area contributed by atoms with Crippen molar-refractivity contribution >= 4 is 0 Å². The van der Waals surface area contributed by atoms with E-state index in [1.54, 1.807) is 0 Å². The molecule has 4 heteroatoms. The fourth-order valence-electron chi connectivity index (χ4n) is 2.06. The van der Waals surface area contributed by atoms with E-state index < -0.39 is 0 Å². The van der Waals surface area contributed by atoms with Gasteiger partial charge in [0, 0.05) is 45.8 Å². The van der Waals surface area contributed by atoms with Crippen molar-refractivity contribution in [3.05, 3.63) is 0 Å². The third-order valence-corrected chi connectivity index (χ3v) is 3.06. The molecule has 1 atom stereocenters. The average molecular weight is 199 g/mol. The van der Waals surface area contributed by atoms with E-state index in [4.69, 9.17) is 4.74 Å². The first-order valence-corrected chi connectivity index (χ1v) is 5.58. The number of ether oxygens (including phenoxy) is 1. The number of hydrogen-bond acceptors (Lipinski definition) is 4. The predicted molar refractivity (Wildman–Crippen MR) is 56.5 cm³/mol. The highest BCUT2D eigenvalue weighted by Crippen LogP contribution is 2.03. The third-order valence-electron chi connectivity index (χ3n) is 3.06. The fourth-order valence-corrected chi connectivity index (χ4v) is 2.06. The van der Waals surface area contributed by atoms with Gasteiger partial charge < -0.3 is 15.0 Å². The number of hydrogen-bond donors (Lipinski definition) is 1. The van der Waals surface area contributed by atoms with E-state index in [0.717, 1.165) is 26.2 Å². The molecule has 0 amide bonds. The van der Waals surface area contributed by atoms with Crippen LogP contribution in [-0.2, 0) is 4.74 Å². The average Bonchev–Trinajstić information content (AvgIpc) is 2.23. The van der Waals surface area contributed by atoms with Gasteiger partial charge in [0.25, 0.3) is 0 Å². The van der Waals surface area contributed by atoms with Crippen LogP contribution in [-0.4, -0.2) is 75.4 Å². The van der Waals surface area contributed by atoms with Crippen molar-refractivity contribution in [1.82, 2.24) is 15.1 Å². The van der Waals surface area contributed by atoms with E-state index in [1.165, 1.54) is 26.2 Å². The van der Waals surface area contributed by atoms with E-state index >= 15 is 0 Å². The Balaban J connectivity index is 1.68. The van der Waals surface area contributed by atoms with Crippen molar-refractivity contribution in [3.63, 3.8) is 0 Å². The van der Waals surface area contributed by atoms with Crippen LogP contribution in [0.1, 0.15) is 0 Å². The van der Waals surface area contributed by atoms with Gasteiger partial charge in [0.1, 0.15) is 0 Å². The van der Waals surface area contributed by atoms with E-state index in [9.17, 15) is 0 Å². The van der Waals surface area contributed by atoms with Gasteiger partial charge in [-0.2, -0.15) is 0 Å². The zero-order chi connectivity index (χ0) is 9.80. The summed E-state index contributed by atoms with van der Waals surface area (Å²) in [7, 11) is 2.19. The van der Waals surface area contributed by atoms with Gasteiger partial charge in [0.15, 0.2) is 0 Å². The summed E-state index contributed by atoms with van der Waals surface area (Å²) in [5, 5.41) is 3.37. The van der Waals surface area contributed by atoms with Gasteiger partial charge >= 0.3 is 0 Å². The number of nitrogens with zero attached hydrogens (tertiary/aromatic N) is 2. The van der Waals surface area contributed by atoms with E-state index in [-0.39, 0.29) is 0 Å². The fraction of sp³-hybridized carbons (Fsp3) is 1.00. The molecule has 2 rings (SSSR count). The highest BCUT2D eigenvalue weighted by Gasteiger charge is 2.20. The molecule has 0 aromatic carbocycles. The Kier molecular flexibility index (Phi) is 3.75. The van der Waals surface area contributed by atoms with Crippen molar-refractivity contribution in [2.75, 3.05) is 59.5 Å². The SMILES string of the molecule is CN1CCN(C[C@H]2CNCCO2)CC1. The Labute approximate surface area is 86.2 Å². The molecule has 0 aromatic rings.